The molecule has 1 amide bonds. The van der Waals surface area contributed by atoms with Crippen LogP contribution in [0.4, 0.5) is 36.4 Å². The van der Waals surface area contributed by atoms with Gasteiger partial charge < -0.3 is 20.3 Å². The highest BCUT2D eigenvalue weighted by Gasteiger charge is 2.37. The Bertz CT molecular complexity index is 1170. The van der Waals surface area contributed by atoms with Crippen molar-refractivity contribution in [3.63, 3.8) is 0 Å². The minimum Gasteiger partial charge on any atom is -0.373 e. The number of benzene rings is 2. The number of nitrogens with one attached hydrogen (secondary N) is 2. The summed E-state index contributed by atoms with van der Waals surface area (Å²) in [6.45, 7) is 3.07. The molecule has 1 saturated heterocycles. The zero-order valence-corrected chi connectivity index (χ0v) is 20.4. The lowest BCUT2D eigenvalue weighted by atomic mass is 10.1. The van der Waals surface area contributed by atoms with Crippen molar-refractivity contribution in [3.8, 4) is 0 Å². The predicted molar refractivity (Wildman–Crippen MR) is 134 cm³/mol. The third-order valence-electron chi connectivity index (χ3n) is 6.07. The Hall–Kier alpha value is -3.73. The molecular weight excluding hydrogens is 485 g/mol. The zero-order chi connectivity index (χ0) is 26.3. The summed E-state index contributed by atoms with van der Waals surface area (Å²) in [6, 6.07) is 16.7. The van der Waals surface area contributed by atoms with Gasteiger partial charge in [0, 0.05) is 30.9 Å². The van der Waals surface area contributed by atoms with Gasteiger partial charge in [0.25, 0.3) is 0 Å². The lowest BCUT2D eigenvalue weighted by molar-refractivity contribution is -0.173. The molecule has 1 aliphatic rings. The van der Waals surface area contributed by atoms with Crippen LogP contribution in [0.25, 0.3) is 0 Å². The molecule has 11 heteroatoms. The van der Waals surface area contributed by atoms with Crippen molar-refractivity contribution in [1.29, 1.82) is 0 Å². The van der Waals surface area contributed by atoms with E-state index >= 15 is 0 Å². The van der Waals surface area contributed by atoms with Crippen LogP contribution in [-0.2, 0) is 16.1 Å². The molecule has 4 rings (SSSR count). The first-order valence-corrected chi connectivity index (χ1v) is 12.1. The number of hydrogen-bond acceptors (Lipinski definition) is 7. The van der Waals surface area contributed by atoms with Crippen LogP contribution in [0.2, 0.25) is 0 Å². The van der Waals surface area contributed by atoms with Gasteiger partial charge in [-0.2, -0.15) is 18.2 Å². The van der Waals surface area contributed by atoms with E-state index in [2.05, 4.69) is 30.5 Å². The fraction of sp³-hybridized carbons (Fsp3) is 0.385. The quantitative estimate of drug-likeness (QED) is 0.399. The van der Waals surface area contributed by atoms with Gasteiger partial charge >= 0.3 is 6.18 Å². The largest absolute Gasteiger partial charge is 0.392 e. The lowest BCUT2D eigenvalue weighted by Crippen LogP contribution is -2.38. The van der Waals surface area contributed by atoms with Gasteiger partial charge in [0.15, 0.2) is 0 Å². The molecule has 1 aliphatic heterocycles. The Balaban J connectivity index is 1.29. The molecule has 0 aliphatic carbocycles. The fourth-order valence-corrected chi connectivity index (χ4v) is 3.92. The molecule has 8 nitrogen and oxygen atoms in total. The van der Waals surface area contributed by atoms with Crippen molar-refractivity contribution >= 4 is 29.2 Å². The van der Waals surface area contributed by atoms with Crippen molar-refractivity contribution in [2.75, 3.05) is 28.6 Å². The van der Waals surface area contributed by atoms with Crippen LogP contribution in [0.5, 0.6) is 0 Å². The standard InChI is InChI=1S/C26H29F3N6O2/c1-18(26(27,28)29)14-23(36)32-20-8-5-9-21(15-20)33-24-30-17-31-25(34-24)35-12-10-22(11-13-35)37-16-19-6-3-2-4-7-19/h2-9,15,17-18,22H,10-14,16H2,1H3,(H,32,36)(H,30,31,33,34)/t18-/m1/s1. The highest BCUT2D eigenvalue weighted by molar-refractivity contribution is 5.91. The molecule has 0 radical (unpaired) electrons. The molecule has 1 aromatic heterocycles. The van der Waals surface area contributed by atoms with Gasteiger partial charge in [0.2, 0.25) is 17.8 Å². The molecule has 196 valence electrons. The van der Waals surface area contributed by atoms with Gasteiger partial charge in [-0.3, -0.25) is 4.79 Å². The number of aromatic nitrogens is 3. The molecule has 37 heavy (non-hydrogen) atoms. The molecule has 2 N–H and O–H groups in total. The van der Waals surface area contributed by atoms with Crippen LogP contribution >= 0.6 is 0 Å². The van der Waals surface area contributed by atoms with Gasteiger partial charge in [-0.25, -0.2) is 9.97 Å². The summed E-state index contributed by atoms with van der Waals surface area (Å²) in [5.74, 6) is -1.57. The number of piperidine rings is 1. The average Bonchev–Trinajstić information content (AvgIpc) is 2.88. The van der Waals surface area contributed by atoms with Crippen molar-refractivity contribution in [2.24, 2.45) is 5.92 Å². The second-order valence-corrected chi connectivity index (χ2v) is 8.99. The van der Waals surface area contributed by atoms with Crippen molar-refractivity contribution in [3.05, 3.63) is 66.5 Å². The molecule has 3 aromatic rings. The number of amides is 1. The smallest absolute Gasteiger partial charge is 0.373 e. The molecule has 0 unspecified atom stereocenters. The highest BCUT2D eigenvalue weighted by atomic mass is 19.4. The van der Waals surface area contributed by atoms with E-state index in [4.69, 9.17) is 4.74 Å². The minimum absolute atomic E-state index is 0.174. The molecule has 1 atom stereocenters. The number of ether oxygens (including phenoxy) is 1. The van der Waals surface area contributed by atoms with E-state index in [1.165, 1.54) is 6.33 Å². The Kier molecular flexibility index (Phi) is 8.54. The molecule has 0 saturated carbocycles. The monoisotopic (exact) mass is 514 g/mol. The molecule has 1 fully saturated rings. The molecular formula is C26H29F3N6O2. The second kappa shape index (κ2) is 12.0. The molecule has 2 heterocycles. The second-order valence-electron chi connectivity index (χ2n) is 8.99. The maximum Gasteiger partial charge on any atom is 0.392 e. The Labute approximate surface area is 213 Å². The fourth-order valence-electron chi connectivity index (χ4n) is 3.92. The maximum absolute atomic E-state index is 12.7. The number of nitrogens with zero attached hydrogens (tertiary/aromatic N) is 4. The van der Waals surface area contributed by atoms with E-state index < -0.39 is 24.4 Å². The van der Waals surface area contributed by atoms with Crippen LogP contribution in [-0.4, -0.2) is 46.2 Å². The van der Waals surface area contributed by atoms with E-state index in [0.29, 0.717) is 29.9 Å². The summed E-state index contributed by atoms with van der Waals surface area (Å²) < 4.78 is 44.2. The first-order chi connectivity index (χ1) is 17.8. The topological polar surface area (TPSA) is 92.3 Å². The Morgan fingerprint density at radius 3 is 2.54 bits per heavy atom. The number of alkyl halides is 3. The lowest BCUT2D eigenvalue weighted by Gasteiger charge is -2.31. The number of halogens is 3. The van der Waals surface area contributed by atoms with Crippen molar-refractivity contribution in [2.45, 2.75) is 45.1 Å². The van der Waals surface area contributed by atoms with Gasteiger partial charge in [0.1, 0.15) is 6.33 Å². The van der Waals surface area contributed by atoms with Crippen LogP contribution in [0.1, 0.15) is 31.7 Å². The number of rotatable bonds is 9. The van der Waals surface area contributed by atoms with Crippen molar-refractivity contribution < 1.29 is 22.7 Å². The van der Waals surface area contributed by atoms with E-state index in [1.807, 2.05) is 30.3 Å². The summed E-state index contributed by atoms with van der Waals surface area (Å²) in [7, 11) is 0. The predicted octanol–water partition coefficient (Wildman–Crippen LogP) is 5.33. The number of hydrogen-bond donors (Lipinski definition) is 2. The van der Waals surface area contributed by atoms with Crippen LogP contribution in [0.15, 0.2) is 60.9 Å². The zero-order valence-electron chi connectivity index (χ0n) is 20.4. The van der Waals surface area contributed by atoms with Crippen molar-refractivity contribution in [1.82, 2.24) is 15.0 Å². The maximum atomic E-state index is 12.7. The first kappa shape index (κ1) is 26.3. The summed E-state index contributed by atoms with van der Waals surface area (Å²) in [4.78, 5) is 27.1. The third-order valence-corrected chi connectivity index (χ3v) is 6.07. The molecule has 2 aromatic carbocycles. The average molecular weight is 515 g/mol. The summed E-state index contributed by atoms with van der Waals surface area (Å²) in [5.41, 5.74) is 2.10. The van der Waals surface area contributed by atoms with E-state index in [0.717, 1.165) is 38.4 Å². The van der Waals surface area contributed by atoms with Gasteiger partial charge in [-0.1, -0.05) is 43.3 Å². The number of anilines is 4. The highest BCUT2D eigenvalue weighted by Crippen LogP contribution is 2.29. The Morgan fingerprint density at radius 1 is 1.08 bits per heavy atom. The van der Waals surface area contributed by atoms with Gasteiger partial charge in [-0.05, 0) is 36.6 Å². The molecule has 0 bridgehead atoms. The minimum atomic E-state index is -4.42. The SMILES string of the molecule is C[C@H](CC(=O)Nc1cccc(Nc2ncnc(N3CCC(OCc4ccccc4)CC3)n2)c1)C(F)(F)F. The number of carbonyl (C=O) groups is 1. The van der Waals surface area contributed by atoms with E-state index in [1.54, 1.807) is 24.3 Å². The summed E-state index contributed by atoms with van der Waals surface area (Å²) in [6.07, 6.45) is -1.75. The first-order valence-electron chi connectivity index (χ1n) is 12.1. The summed E-state index contributed by atoms with van der Waals surface area (Å²) >= 11 is 0. The third kappa shape index (κ3) is 7.88. The Morgan fingerprint density at radius 2 is 1.81 bits per heavy atom. The van der Waals surface area contributed by atoms with Gasteiger partial charge in [0.05, 0.1) is 18.6 Å². The summed E-state index contributed by atoms with van der Waals surface area (Å²) in [5, 5.41) is 5.57. The normalized spacial score (nSPS) is 15.3. The van der Waals surface area contributed by atoms with Crippen LogP contribution in [0.3, 0.4) is 0 Å². The van der Waals surface area contributed by atoms with Gasteiger partial charge in [-0.15, -0.1) is 0 Å². The van der Waals surface area contributed by atoms with Crippen LogP contribution < -0.4 is 15.5 Å². The van der Waals surface area contributed by atoms with E-state index in [9.17, 15) is 18.0 Å². The van der Waals surface area contributed by atoms with E-state index in [-0.39, 0.29) is 6.10 Å². The number of carbonyl (C=O) groups excluding carboxylic acids is 1. The van der Waals surface area contributed by atoms with Crippen LogP contribution in [0, 0.1) is 5.92 Å². The molecule has 0 spiro atoms.